The summed E-state index contributed by atoms with van der Waals surface area (Å²) < 4.78 is 14.2. The third-order valence-electron chi connectivity index (χ3n) is 24.7. The molecule has 0 bridgehead atoms. The van der Waals surface area contributed by atoms with Gasteiger partial charge in [-0.15, -0.1) is 34.0 Å². The van der Waals surface area contributed by atoms with Gasteiger partial charge in [-0.1, -0.05) is 266 Å². The number of rotatable bonds is 28. The van der Waals surface area contributed by atoms with Crippen LogP contribution in [0, 0.1) is 0 Å². The lowest BCUT2D eigenvalue weighted by molar-refractivity contribution is 0.669. The summed E-state index contributed by atoms with van der Waals surface area (Å²) in [5.74, 6) is 0. The van der Waals surface area contributed by atoms with Gasteiger partial charge in [-0.3, -0.25) is 0 Å². The summed E-state index contributed by atoms with van der Waals surface area (Å²) in [6.45, 7) is 7.01. The largest absolute Gasteiger partial charge is 0.456 e. The molecule has 0 aliphatic heterocycles. The lowest BCUT2D eigenvalue weighted by atomic mass is 9.97. The number of unbranched alkanes of at least 4 members (excludes halogenated alkanes) is 1. The maximum Gasteiger partial charge on any atom is 0.135 e. The van der Waals surface area contributed by atoms with Gasteiger partial charge in [-0.2, -0.15) is 0 Å². The van der Waals surface area contributed by atoms with Crippen LogP contribution in [-0.4, -0.2) is 32.7 Å². The molecule has 0 unspecified atom stereocenters. The highest BCUT2D eigenvalue weighted by Gasteiger charge is 2.17. The molecule has 0 fully saturated rings. The van der Waals surface area contributed by atoms with E-state index in [0.29, 0.717) is 13.1 Å². The normalized spacial score (nSPS) is 11.2. The number of nitrogens with two attached hydrogens (primary N) is 7. The van der Waals surface area contributed by atoms with Crippen molar-refractivity contribution < 1.29 is 4.42 Å². The van der Waals surface area contributed by atoms with E-state index in [0.717, 1.165) is 130 Å². The van der Waals surface area contributed by atoms with Crippen LogP contribution in [0.4, 0.5) is 0 Å². The number of hydrogen-bond acceptors (Lipinski definition) is 11. The molecule has 0 spiro atoms. The Bertz CT molecular complexity index is 6580. The molecule has 0 saturated carbocycles. The Morgan fingerprint density at radius 1 is 0.191 bits per heavy atom. The Kier molecular flexibility index (Phi) is 32.9. The fraction of sp³-hybridized carbons (Fsp3) is 0.200. The monoisotopic (exact) mass is 1780 g/mol. The third-order valence-corrected chi connectivity index (χ3v) is 28.1. The molecule has 16 aromatic carbocycles. The highest BCUT2D eigenvalue weighted by Crippen LogP contribution is 2.44. The summed E-state index contributed by atoms with van der Waals surface area (Å²) in [6.07, 6.45) is 13.9. The fourth-order valence-corrected chi connectivity index (χ4v) is 20.8. The predicted molar refractivity (Wildman–Crippen MR) is 577 cm³/mol. The number of thiophene rings is 3. The van der Waals surface area contributed by atoms with Crippen LogP contribution in [0.5, 0.6) is 0 Å². The van der Waals surface area contributed by atoms with Gasteiger partial charge in [0.15, 0.2) is 0 Å². The summed E-state index contributed by atoms with van der Waals surface area (Å²) in [5.41, 5.74) is 72.4. The summed E-state index contributed by atoms with van der Waals surface area (Å²) >= 11 is 5.60. The van der Waals surface area contributed by atoms with Crippen LogP contribution < -0.4 is 40.1 Å². The molecule has 0 atom stereocenters. The Labute approximate surface area is 786 Å². The quantitative estimate of drug-likeness (QED) is 0.0252. The van der Waals surface area contributed by atoms with Crippen molar-refractivity contribution in [3.8, 4) is 89.0 Å². The SMILES string of the molecule is C.C.C.CCCCc1ccc(-c2ccc3sc4ccc(-c5ccc(CCCN)cc5)cc4c3c2)cc1.NCCCc1cccc(-c2ccc3oc4ccc(-c5cccc(CCCN)c5)cc4c3c2)c1.NCCCc1cccc(-c2ccc3sc4ccc(-c5cccc(CCCN)c5)cc4c3c2)c1.NCc1cccc(-c2ccc3sc4ccc(-c5cccc(CN)c5)cc4c3c2)c1. The Balaban J connectivity index is 0.000000140. The van der Waals surface area contributed by atoms with Crippen molar-refractivity contribution in [3.05, 3.63) is 384 Å². The first-order valence-corrected chi connectivity index (χ1v) is 48.0. The van der Waals surface area contributed by atoms with Crippen LogP contribution in [0.2, 0.25) is 0 Å². The standard InChI is InChI=1S/C31H31NS.C30H30N2O.C30H30N2S.C26H22N2S.3CH4/c1-2-3-5-22-7-11-24(12-8-22)26-15-17-30-28(20-26)29-21-27(16-18-31(29)33-30)25-13-9-23(10-14-25)6-4-19-32;2*31-15-3-7-21-5-1-9-23(17-21)25-11-13-29-27(19-25)28-20-26(12-14-30(28)33-29)24-10-2-6-22(18-24)8-4-16-32;27-15-17-3-1-5-19(11-17)21-7-9-25-23(13-21)24-14-22(8-10-26(24)29-25)20-6-2-4-18(12-20)16-28;;;/h7-18,20-21H,2-6,19,32H2,1H3;2*1-2,5-6,9-14,17-20H,3-4,7-8,15-16,31-32H2;1-14H,15-16,27-28H2;3*1H4. The Morgan fingerprint density at radius 2 is 0.389 bits per heavy atom. The first-order chi connectivity index (χ1) is 63.0. The van der Waals surface area contributed by atoms with E-state index in [9.17, 15) is 0 Å². The van der Waals surface area contributed by atoms with E-state index < -0.39 is 0 Å². The van der Waals surface area contributed by atoms with Crippen molar-refractivity contribution in [1.29, 1.82) is 0 Å². The van der Waals surface area contributed by atoms with E-state index in [1.165, 1.54) is 202 Å². The van der Waals surface area contributed by atoms with Crippen LogP contribution in [0.25, 0.3) is 171 Å². The molecule has 8 nitrogen and oxygen atoms in total. The van der Waals surface area contributed by atoms with Crippen LogP contribution in [-0.2, 0) is 51.6 Å². The maximum absolute atomic E-state index is 6.16. The zero-order valence-corrected chi connectivity index (χ0v) is 75.6. The van der Waals surface area contributed by atoms with Gasteiger partial charge in [0.05, 0.1) is 0 Å². The first-order valence-electron chi connectivity index (χ1n) is 45.5. The molecule has 664 valence electrons. The van der Waals surface area contributed by atoms with Gasteiger partial charge < -0.3 is 44.6 Å². The molecule has 4 aromatic heterocycles. The second kappa shape index (κ2) is 45.5. The number of fused-ring (bicyclic) bond motifs is 12. The van der Waals surface area contributed by atoms with E-state index in [1.54, 1.807) is 0 Å². The van der Waals surface area contributed by atoms with Crippen LogP contribution in [0.1, 0.15) is 119 Å². The smallest absolute Gasteiger partial charge is 0.135 e. The molecule has 0 aliphatic rings. The number of furan rings is 1. The minimum Gasteiger partial charge on any atom is -0.456 e. The van der Waals surface area contributed by atoms with E-state index in [1.807, 2.05) is 34.0 Å². The van der Waals surface area contributed by atoms with Gasteiger partial charge in [0, 0.05) is 84.4 Å². The van der Waals surface area contributed by atoms with Crippen LogP contribution in [0.15, 0.2) is 344 Å². The van der Waals surface area contributed by atoms with Crippen molar-refractivity contribution in [3.63, 3.8) is 0 Å². The van der Waals surface area contributed by atoms with Crippen LogP contribution >= 0.6 is 34.0 Å². The Hall–Kier alpha value is -12.3. The van der Waals surface area contributed by atoms with E-state index in [-0.39, 0.29) is 22.3 Å². The highest BCUT2D eigenvalue weighted by molar-refractivity contribution is 7.26. The molecule has 0 aliphatic carbocycles. The second-order valence-electron chi connectivity index (χ2n) is 33.7. The summed E-state index contributed by atoms with van der Waals surface area (Å²) in [5, 5.41) is 10.3. The molecule has 4 heterocycles. The minimum absolute atomic E-state index is 0. The second-order valence-corrected chi connectivity index (χ2v) is 36.9. The zero-order chi connectivity index (χ0) is 87.7. The molecule has 131 heavy (non-hydrogen) atoms. The molecule has 0 radical (unpaired) electrons. The fourth-order valence-electron chi connectivity index (χ4n) is 17.6. The van der Waals surface area contributed by atoms with E-state index >= 15 is 0 Å². The summed E-state index contributed by atoms with van der Waals surface area (Å²) in [4.78, 5) is 0. The average Bonchev–Trinajstić information content (AvgIpc) is 1.65. The molecule has 11 heteroatoms. The average molecular weight is 1780 g/mol. The zero-order valence-electron chi connectivity index (χ0n) is 73.1. The molecule has 14 N–H and O–H groups in total. The van der Waals surface area contributed by atoms with Crippen molar-refractivity contribution in [2.24, 2.45) is 40.1 Å². The number of benzene rings is 16. The molecular formula is C120H125N7OS3. The molecule has 20 rings (SSSR count). The molecule has 0 amide bonds. The number of aryl methyl sites for hydroxylation is 6. The molecule has 0 saturated heterocycles. The van der Waals surface area contributed by atoms with Crippen molar-refractivity contribution in [1.82, 2.24) is 0 Å². The highest BCUT2D eigenvalue weighted by atomic mass is 32.1. The van der Waals surface area contributed by atoms with E-state index in [4.69, 9.17) is 44.6 Å². The van der Waals surface area contributed by atoms with Crippen LogP contribution in [0.3, 0.4) is 0 Å². The van der Waals surface area contributed by atoms with Gasteiger partial charge in [0.2, 0.25) is 0 Å². The topological polar surface area (TPSA) is 195 Å². The first kappa shape index (κ1) is 94.8. The van der Waals surface area contributed by atoms with E-state index in [2.05, 4.69) is 347 Å². The van der Waals surface area contributed by atoms with Gasteiger partial charge in [0.1, 0.15) is 11.2 Å². The lowest BCUT2D eigenvalue weighted by Crippen LogP contribution is -2.00. The summed E-state index contributed by atoms with van der Waals surface area (Å²) in [7, 11) is 0. The maximum atomic E-state index is 6.16. The molecule has 20 aromatic rings. The predicted octanol–water partition coefficient (Wildman–Crippen LogP) is 30.7. The Morgan fingerprint density at radius 3 is 0.634 bits per heavy atom. The third kappa shape index (κ3) is 22.7. The van der Waals surface area contributed by atoms with Crippen molar-refractivity contribution in [2.45, 2.75) is 126 Å². The van der Waals surface area contributed by atoms with Crippen molar-refractivity contribution in [2.75, 3.05) is 32.7 Å². The van der Waals surface area contributed by atoms with Gasteiger partial charge in [0.25, 0.3) is 0 Å². The van der Waals surface area contributed by atoms with Gasteiger partial charge >= 0.3 is 0 Å². The molecular weight excluding hydrogens is 1650 g/mol. The van der Waals surface area contributed by atoms with Gasteiger partial charge in [-0.05, 0) is 352 Å². The summed E-state index contributed by atoms with van der Waals surface area (Å²) in [6, 6.07) is 124. The van der Waals surface area contributed by atoms with Gasteiger partial charge in [-0.25, -0.2) is 0 Å². The number of hydrogen-bond donors (Lipinski definition) is 7. The van der Waals surface area contributed by atoms with Crippen molar-refractivity contribution >= 4 is 116 Å². The minimum atomic E-state index is 0. The lowest BCUT2D eigenvalue weighted by Gasteiger charge is -2.07.